The van der Waals surface area contributed by atoms with Gasteiger partial charge in [0.05, 0.1) is 6.61 Å². The first kappa shape index (κ1) is 9.27. The molecule has 1 aromatic carbocycles. The SMILES string of the molecule is Cc1cc2c(cc1I)OCC[C@@H]2N. The molecule has 0 bridgehead atoms. The van der Waals surface area contributed by atoms with Gasteiger partial charge in [-0.2, -0.15) is 0 Å². The van der Waals surface area contributed by atoms with E-state index in [4.69, 9.17) is 10.5 Å². The van der Waals surface area contributed by atoms with Gasteiger partial charge in [0.25, 0.3) is 0 Å². The van der Waals surface area contributed by atoms with E-state index in [-0.39, 0.29) is 6.04 Å². The fraction of sp³-hybridized carbons (Fsp3) is 0.400. The van der Waals surface area contributed by atoms with E-state index >= 15 is 0 Å². The average Bonchev–Trinajstić information content (AvgIpc) is 2.09. The zero-order valence-corrected chi connectivity index (χ0v) is 9.67. The van der Waals surface area contributed by atoms with E-state index in [1.54, 1.807) is 0 Å². The lowest BCUT2D eigenvalue weighted by Gasteiger charge is -2.23. The maximum atomic E-state index is 5.98. The second-order valence-corrected chi connectivity index (χ2v) is 4.55. The number of halogens is 1. The Labute approximate surface area is 91.6 Å². The Morgan fingerprint density at radius 2 is 2.31 bits per heavy atom. The first-order valence-corrected chi connectivity index (χ1v) is 5.45. The summed E-state index contributed by atoms with van der Waals surface area (Å²) in [5.41, 5.74) is 8.42. The second kappa shape index (κ2) is 3.46. The van der Waals surface area contributed by atoms with Gasteiger partial charge in [0.15, 0.2) is 0 Å². The molecule has 0 aliphatic carbocycles. The number of nitrogens with two attached hydrogens (primary N) is 1. The number of benzene rings is 1. The minimum Gasteiger partial charge on any atom is -0.493 e. The topological polar surface area (TPSA) is 35.2 Å². The molecule has 0 spiro atoms. The number of ether oxygens (including phenoxy) is 1. The minimum absolute atomic E-state index is 0.152. The van der Waals surface area contributed by atoms with Crippen molar-refractivity contribution in [3.05, 3.63) is 26.8 Å². The number of hydrogen-bond acceptors (Lipinski definition) is 2. The normalized spacial score (nSPS) is 20.7. The van der Waals surface area contributed by atoms with Crippen molar-refractivity contribution in [2.45, 2.75) is 19.4 Å². The Morgan fingerprint density at radius 3 is 3.08 bits per heavy atom. The summed E-state index contributed by atoms with van der Waals surface area (Å²) in [7, 11) is 0. The highest BCUT2D eigenvalue weighted by molar-refractivity contribution is 14.1. The molecule has 0 saturated carbocycles. The predicted octanol–water partition coefficient (Wildman–Crippen LogP) is 2.38. The van der Waals surface area contributed by atoms with E-state index in [2.05, 4.69) is 41.6 Å². The number of rotatable bonds is 0. The highest BCUT2D eigenvalue weighted by Crippen LogP contribution is 2.33. The van der Waals surface area contributed by atoms with Crippen LogP contribution in [-0.2, 0) is 0 Å². The molecule has 3 heteroatoms. The third kappa shape index (κ3) is 1.67. The number of hydrogen-bond donors (Lipinski definition) is 1. The van der Waals surface area contributed by atoms with Crippen LogP contribution in [0.4, 0.5) is 0 Å². The average molecular weight is 289 g/mol. The van der Waals surface area contributed by atoms with Gasteiger partial charge < -0.3 is 10.5 Å². The number of aryl methyl sites for hydroxylation is 1. The van der Waals surface area contributed by atoms with Crippen LogP contribution in [0.1, 0.15) is 23.6 Å². The van der Waals surface area contributed by atoms with E-state index in [1.165, 1.54) is 9.13 Å². The Hall–Kier alpha value is -0.290. The van der Waals surface area contributed by atoms with Gasteiger partial charge in [-0.3, -0.25) is 0 Å². The molecule has 1 heterocycles. The molecule has 0 saturated heterocycles. The molecular weight excluding hydrogens is 277 g/mol. The second-order valence-electron chi connectivity index (χ2n) is 3.38. The van der Waals surface area contributed by atoms with Gasteiger partial charge in [0.2, 0.25) is 0 Å². The molecule has 1 aromatic rings. The summed E-state index contributed by atoms with van der Waals surface area (Å²) in [6.07, 6.45) is 0.924. The third-order valence-corrected chi connectivity index (χ3v) is 3.54. The van der Waals surface area contributed by atoms with Gasteiger partial charge in [-0.1, -0.05) is 0 Å². The molecule has 2 nitrogen and oxygen atoms in total. The van der Waals surface area contributed by atoms with Gasteiger partial charge in [0, 0.05) is 21.6 Å². The van der Waals surface area contributed by atoms with Crippen LogP contribution in [0, 0.1) is 10.5 Å². The van der Waals surface area contributed by atoms with Crippen LogP contribution in [0.15, 0.2) is 12.1 Å². The maximum Gasteiger partial charge on any atom is 0.125 e. The van der Waals surface area contributed by atoms with Crippen molar-refractivity contribution < 1.29 is 4.74 Å². The molecule has 0 aromatic heterocycles. The van der Waals surface area contributed by atoms with Crippen molar-refractivity contribution in [3.8, 4) is 5.75 Å². The highest BCUT2D eigenvalue weighted by atomic mass is 127. The van der Waals surface area contributed by atoms with Crippen molar-refractivity contribution in [1.29, 1.82) is 0 Å². The van der Waals surface area contributed by atoms with Crippen LogP contribution >= 0.6 is 22.6 Å². The van der Waals surface area contributed by atoms with Gasteiger partial charge in [-0.25, -0.2) is 0 Å². The van der Waals surface area contributed by atoms with E-state index in [0.717, 1.165) is 24.3 Å². The first-order valence-electron chi connectivity index (χ1n) is 4.37. The van der Waals surface area contributed by atoms with Crippen LogP contribution in [0.5, 0.6) is 5.75 Å². The Kier molecular flexibility index (Phi) is 2.47. The fourth-order valence-electron chi connectivity index (χ4n) is 1.55. The van der Waals surface area contributed by atoms with Crippen molar-refractivity contribution in [1.82, 2.24) is 0 Å². The Balaban J connectivity index is 2.52. The largest absolute Gasteiger partial charge is 0.493 e. The summed E-state index contributed by atoms with van der Waals surface area (Å²) in [5, 5.41) is 0. The molecule has 0 unspecified atom stereocenters. The van der Waals surface area contributed by atoms with Crippen molar-refractivity contribution >= 4 is 22.6 Å². The summed E-state index contributed by atoms with van der Waals surface area (Å²) >= 11 is 2.32. The molecule has 1 aliphatic rings. The molecule has 2 rings (SSSR count). The zero-order valence-electron chi connectivity index (χ0n) is 7.51. The lowest BCUT2D eigenvalue weighted by atomic mass is 10.00. The van der Waals surface area contributed by atoms with Gasteiger partial charge in [-0.15, -0.1) is 0 Å². The summed E-state index contributed by atoms with van der Waals surface area (Å²) in [6, 6.07) is 4.37. The van der Waals surface area contributed by atoms with Gasteiger partial charge >= 0.3 is 0 Å². The van der Waals surface area contributed by atoms with Crippen molar-refractivity contribution in [2.24, 2.45) is 5.73 Å². The highest BCUT2D eigenvalue weighted by Gasteiger charge is 2.18. The van der Waals surface area contributed by atoms with Crippen LogP contribution < -0.4 is 10.5 Å². The molecule has 1 atom stereocenters. The lowest BCUT2D eigenvalue weighted by molar-refractivity contribution is 0.268. The molecule has 13 heavy (non-hydrogen) atoms. The predicted molar refractivity (Wildman–Crippen MR) is 60.9 cm³/mol. The summed E-state index contributed by atoms with van der Waals surface area (Å²) in [6.45, 7) is 2.84. The summed E-state index contributed by atoms with van der Waals surface area (Å²) in [5.74, 6) is 0.966. The number of fused-ring (bicyclic) bond motifs is 1. The molecule has 2 N–H and O–H groups in total. The van der Waals surface area contributed by atoms with Crippen LogP contribution in [-0.4, -0.2) is 6.61 Å². The van der Waals surface area contributed by atoms with E-state index in [1.807, 2.05) is 0 Å². The summed E-state index contributed by atoms with van der Waals surface area (Å²) < 4.78 is 6.79. The first-order chi connectivity index (χ1) is 6.18. The fourth-order valence-corrected chi connectivity index (χ4v) is 1.99. The van der Waals surface area contributed by atoms with Crippen molar-refractivity contribution in [2.75, 3.05) is 6.61 Å². The smallest absolute Gasteiger partial charge is 0.125 e. The molecular formula is C10H12INO. The summed E-state index contributed by atoms with van der Waals surface area (Å²) in [4.78, 5) is 0. The molecule has 1 aliphatic heterocycles. The van der Waals surface area contributed by atoms with Crippen LogP contribution in [0.25, 0.3) is 0 Å². The van der Waals surface area contributed by atoms with Gasteiger partial charge in [-0.05, 0) is 47.2 Å². The quantitative estimate of drug-likeness (QED) is 0.744. The lowest BCUT2D eigenvalue weighted by Crippen LogP contribution is -2.20. The Morgan fingerprint density at radius 1 is 1.54 bits per heavy atom. The monoisotopic (exact) mass is 289 g/mol. The maximum absolute atomic E-state index is 5.98. The standard InChI is InChI=1S/C10H12INO/c1-6-4-7-9(12)2-3-13-10(7)5-8(6)11/h4-5,9H,2-3,12H2,1H3/t9-/m0/s1. The third-order valence-electron chi connectivity index (χ3n) is 2.38. The van der Waals surface area contributed by atoms with E-state index in [9.17, 15) is 0 Å². The van der Waals surface area contributed by atoms with E-state index < -0.39 is 0 Å². The van der Waals surface area contributed by atoms with E-state index in [0.29, 0.717) is 0 Å². The molecule has 0 amide bonds. The van der Waals surface area contributed by atoms with Crippen molar-refractivity contribution in [3.63, 3.8) is 0 Å². The molecule has 0 fully saturated rings. The minimum atomic E-state index is 0.152. The van der Waals surface area contributed by atoms with Crippen LogP contribution in [0.3, 0.4) is 0 Å². The Bertz CT molecular complexity index is 338. The molecule has 70 valence electrons. The molecule has 0 radical (unpaired) electrons. The van der Waals surface area contributed by atoms with Gasteiger partial charge in [0.1, 0.15) is 5.75 Å². The van der Waals surface area contributed by atoms with Crippen LogP contribution in [0.2, 0.25) is 0 Å². The zero-order chi connectivity index (χ0) is 9.42.